The number of benzene rings is 2. The number of nitrogens with one attached hydrogen (secondary N) is 1. The average molecular weight is 279 g/mol. The number of anilines is 1. The van der Waals surface area contributed by atoms with E-state index in [1.165, 1.54) is 36.1 Å². The maximum absolute atomic E-state index is 3.74. The van der Waals surface area contributed by atoms with Crippen LogP contribution in [0.5, 0.6) is 0 Å². The minimum Gasteiger partial charge on any atom is -0.382 e. The lowest BCUT2D eigenvalue weighted by molar-refractivity contribution is 0.281. The molecule has 0 radical (unpaired) electrons. The molecule has 1 nitrogen and oxygen atoms in total. The van der Waals surface area contributed by atoms with Gasteiger partial charge in [0, 0.05) is 11.7 Å². The molecule has 2 aromatic carbocycles. The molecule has 0 spiro atoms. The fourth-order valence-corrected chi connectivity index (χ4v) is 3.34. The molecule has 0 aromatic heterocycles. The summed E-state index contributed by atoms with van der Waals surface area (Å²) < 4.78 is 0. The van der Waals surface area contributed by atoms with E-state index in [4.69, 9.17) is 0 Å². The van der Waals surface area contributed by atoms with Crippen molar-refractivity contribution in [2.75, 3.05) is 5.32 Å². The topological polar surface area (TPSA) is 12.0 Å². The third-order valence-electron chi connectivity index (χ3n) is 4.80. The van der Waals surface area contributed by atoms with Gasteiger partial charge in [0.15, 0.2) is 0 Å². The molecular weight excluding hydrogens is 254 g/mol. The molecule has 1 fully saturated rings. The lowest BCUT2D eigenvalue weighted by Gasteiger charge is -2.34. The highest BCUT2D eigenvalue weighted by molar-refractivity contribution is 5.65. The van der Waals surface area contributed by atoms with Gasteiger partial charge in [0.2, 0.25) is 0 Å². The third-order valence-corrected chi connectivity index (χ3v) is 4.80. The van der Waals surface area contributed by atoms with Crippen LogP contribution in [0.2, 0.25) is 0 Å². The second-order valence-corrected chi connectivity index (χ2v) is 6.59. The van der Waals surface area contributed by atoms with Gasteiger partial charge in [-0.1, -0.05) is 62.7 Å². The van der Waals surface area contributed by atoms with Gasteiger partial charge in [0.1, 0.15) is 0 Å². The first-order valence-corrected chi connectivity index (χ1v) is 8.14. The molecule has 1 aliphatic carbocycles. The Kier molecular flexibility index (Phi) is 4.28. The molecule has 0 aliphatic heterocycles. The minimum absolute atomic E-state index is 0.622. The van der Waals surface area contributed by atoms with Crippen LogP contribution in [0.3, 0.4) is 0 Å². The third kappa shape index (κ3) is 3.47. The van der Waals surface area contributed by atoms with Crippen LogP contribution in [0.1, 0.15) is 33.1 Å². The second kappa shape index (κ2) is 6.34. The van der Waals surface area contributed by atoms with Gasteiger partial charge in [0.25, 0.3) is 0 Å². The van der Waals surface area contributed by atoms with Crippen LogP contribution in [-0.2, 0) is 0 Å². The van der Waals surface area contributed by atoms with Gasteiger partial charge >= 0.3 is 0 Å². The SMILES string of the molecule is CC1CCC(C)C(Nc2ccc(-c3ccccc3)cc2)C1. The lowest BCUT2D eigenvalue weighted by Crippen LogP contribution is -2.33. The minimum atomic E-state index is 0.622. The van der Waals surface area contributed by atoms with Crippen LogP contribution < -0.4 is 5.32 Å². The van der Waals surface area contributed by atoms with Crippen LogP contribution in [0.4, 0.5) is 5.69 Å². The zero-order valence-electron chi connectivity index (χ0n) is 13.0. The molecule has 3 unspecified atom stereocenters. The summed E-state index contributed by atoms with van der Waals surface area (Å²) in [5.41, 5.74) is 3.82. The summed E-state index contributed by atoms with van der Waals surface area (Å²) in [6.45, 7) is 4.75. The van der Waals surface area contributed by atoms with Crippen molar-refractivity contribution in [1.29, 1.82) is 0 Å². The van der Waals surface area contributed by atoms with Crippen molar-refractivity contribution in [3.63, 3.8) is 0 Å². The van der Waals surface area contributed by atoms with Gasteiger partial charge in [0.05, 0.1) is 0 Å². The fourth-order valence-electron chi connectivity index (χ4n) is 3.34. The Labute approximate surface area is 128 Å². The summed E-state index contributed by atoms with van der Waals surface area (Å²) in [7, 11) is 0. The van der Waals surface area contributed by atoms with Gasteiger partial charge in [-0.25, -0.2) is 0 Å². The predicted octanol–water partition coefficient (Wildman–Crippen LogP) is 5.59. The zero-order valence-corrected chi connectivity index (χ0v) is 13.0. The Hall–Kier alpha value is -1.76. The summed E-state index contributed by atoms with van der Waals surface area (Å²) in [6, 6.07) is 20.0. The molecule has 21 heavy (non-hydrogen) atoms. The first-order valence-electron chi connectivity index (χ1n) is 8.14. The average Bonchev–Trinajstić information content (AvgIpc) is 2.53. The van der Waals surface area contributed by atoms with E-state index in [0.29, 0.717) is 6.04 Å². The summed E-state index contributed by atoms with van der Waals surface area (Å²) in [5.74, 6) is 1.62. The standard InChI is InChI=1S/C20H25N/c1-15-8-9-16(2)20(14-15)21-19-12-10-18(11-13-19)17-6-4-3-5-7-17/h3-7,10-13,15-16,20-21H,8-9,14H2,1-2H3. The van der Waals surface area contributed by atoms with E-state index in [1.54, 1.807) is 0 Å². The van der Waals surface area contributed by atoms with Gasteiger partial charge < -0.3 is 5.32 Å². The van der Waals surface area contributed by atoms with Crippen LogP contribution in [0, 0.1) is 11.8 Å². The molecule has 3 rings (SSSR count). The molecule has 1 N–H and O–H groups in total. The van der Waals surface area contributed by atoms with Crippen LogP contribution in [0.15, 0.2) is 54.6 Å². The fraction of sp³-hybridized carbons (Fsp3) is 0.400. The van der Waals surface area contributed by atoms with Crippen molar-refractivity contribution in [3.8, 4) is 11.1 Å². The number of rotatable bonds is 3. The van der Waals surface area contributed by atoms with E-state index in [0.717, 1.165) is 11.8 Å². The summed E-state index contributed by atoms with van der Waals surface area (Å²) in [6.07, 6.45) is 4.02. The Morgan fingerprint density at radius 3 is 2.19 bits per heavy atom. The molecule has 1 heteroatoms. The predicted molar refractivity (Wildman–Crippen MR) is 91.5 cm³/mol. The number of hydrogen-bond donors (Lipinski definition) is 1. The highest BCUT2D eigenvalue weighted by Gasteiger charge is 2.25. The van der Waals surface area contributed by atoms with Crippen molar-refractivity contribution in [3.05, 3.63) is 54.6 Å². The lowest BCUT2D eigenvalue weighted by atomic mass is 9.80. The zero-order chi connectivity index (χ0) is 14.7. The van der Waals surface area contributed by atoms with E-state index >= 15 is 0 Å². The van der Waals surface area contributed by atoms with E-state index in [2.05, 4.69) is 73.8 Å². The Balaban J connectivity index is 1.70. The molecule has 2 aromatic rings. The first-order chi connectivity index (χ1) is 10.2. The number of hydrogen-bond acceptors (Lipinski definition) is 1. The normalized spacial score (nSPS) is 25.5. The van der Waals surface area contributed by atoms with Crippen LogP contribution >= 0.6 is 0 Å². The van der Waals surface area contributed by atoms with Crippen molar-refractivity contribution < 1.29 is 0 Å². The smallest absolute Gasteiger partial charge is 0.0342 e. The van der Waals surface area contributed by atoms with Crippen molar-refractivity contribution >= 4 is 5.69 Å². The molecule has 0 heterocycles. The summed E-state index contributed by atoms with van der Waals surface area (Å²) in [4.78, 5) is 0. The van der Waals surface area contributed by atoms with E-state index in [-0.39, 0.29) is 0 Å². The van der Waals surface area contributed by atoms with Crippen molar-refractivity contribution in [2.45, 2.75) is 39.2 Å². The van der Waals surface area contributed by atoms with Gasteiger partial charge in [-0.15, -0.1) is 0 Å². The maximum atomic E-state index is 3.74. The van der Waals surface area contributed by atoms with Crippen LogP contribution in [0.25, 0.3) is 11.1 Å². The Morgan fingerprint density at radius 1 is 0.810 bits per heavy atom. The molecule has 0 bridgehead atoms. The molecule has 0 saturated heterocycles. The van der Waals surface area contributed by atoms with Gasteiger partial charge in [-0.2, -0.15) is 0 Å². The summed E-state index contributed by atoms with van der Waals surface area (Å²) >= 11 is 0. The van der Waals surface area contributed by atoms with Gasteiger partial charge in [-0.3, -0.25) is 0 Å². The second-order valence-electron chi connectivity index (χ2n) is 6.59. The molecule has 1 saturated carbocycles. The highest BCUT2D eigenvalue weighted by Crippen LogP contribution is 2.31. The Morgan fingerprint density at radius 2 is 1.48 bits per heavy atom. The van der Waals surface area contributed by atoms with Crippen molar-refractivity contribution in [2.24, 2.45) is 11.8 Å². The van der Waals surface area contributed by atoms with Gasteiger partial charge in [-0.05, 0) is 47.9 Å². The molecule has 1 aliphatic rings. The first kappa shape index (κ1) is 14.2. The summed E-state index contributed by atoms with van der Waals surface area (Å²) in [5, 5.41) is 3.74. The van der Waals surface area contributed by atoms with E-state index in [9.17, 15) is 0 Å². The van der Waals surface area contributed by atoms with E-state index in [1.807, 2.05) is 0 Å². The monoisotopic (exact) mass is 279 g/mol. The van der Waals surface area contributed by atoms with Crippen LogP contribution in [-0.4, -0.2) is 6.04 Å². The molecule has 3 atom stereocenters. The molecular formula is C20H25N. The largest absolute Gasteiger partial charge is 0.382 e. The van der Waals surface area contributed by atoms with Crippen molar-refractivity contribution in [1.82, 2.24) is 0 Å². The van der Waals surface area contributed by atoms with E-state index < -0.39 is 0 Å². The highest BCUT2D eigenvalue weighted by atomic mass is 14.9. The Bertz CT molecular complexity index is 558. The maximum Gasteiger partial charge on any atom is 0.0342 e. The quantitative estimate of drug-likeness (QED) is 0.772. The molecule has 110 valence electrons. The molecule has 0 amide bonds.